The van der Waals surface area contributed by atoms with Crippen LogP contribution in [0.25, 0.3) is 0 Å². The molecule has 0 aliphatic carbocycles. The van der Waals surface area contributed by atoms with Crippen LogP contribution in [-0.4, -0.2) is 17.4 Å². The summed E-state index contributed by atoms with van der Waals surface area (Å²) >= 11 is 0. The molecule has 0 aromatic rings. The molecule has 0 bridgehead atoms. The van der Waals surface area contributed by atoms with E-state index in [1.807, 2.05) is 13.8 Å². The van der Waals surface area contributed by atoms with Crippen molar-refractivity contribution in [2.45, 2.75) is 45.9 Å². The lowest BCUT2D eigenvalue weighted by Crippen LogP contribution is -2.06. The molecule has 0 fully saturated rings. The van der Waals surface area contributed by atoms with E-state index in [1.54, 1.807) is 19.1 Å². The second-order valence-electron chi connectivity index (χ2n) is 3.15. The summed E-state index contributed by atoms with van der Waals surface area (Å²) < 4.78 is 12.9. The lowest BCUT2D eigenvalue weighted by Gasteiger charge is -2.08. The molecule has 0 spiro atoms. The van der Waals surface area contributed by atoms with Crippen LogP contribution in [0.2, 0.25) is 0 Å². The SMILES string of the molecule is C/C=C\C(F)C/C=C(\C)C(O)CC. The monoisotopic (exact) mass is 186 g/mol. The van der Waals surface area contributed by atoms with Gasteiger partial charge in [-0.2, -0.15) is 0 Å². The minimum Gasteiger partial charge on any atom is -0.389 e. The average Bonchev–Trinajstić information content (AvgIpc) is 2.13. The van der Waals surface area contributed by atoms with E-state index in [0.717, 1.165) is 5.57 Å². The number of halogens is 1. The molecular weight excluding hydrogens is 167 g/mol. The Kier molecular flexibility index (Phi) is 6.51. The normalized spacial score (nSPS) is 17.8. The molecule has 0 radical (unpaired) electrons. The summed E-state index contributed by atoms with van der Waals surface area (Å²) in [6.45, 7) is 5.53. The highest BCUT2D eigenvalue weighted by atomic mass is 19.1. The standard InChI is InChI=1S/C11H19FO/c1-4-6-10(12)8-7-9(3)11(13)5-2/h4,6-7,10-11,13H,5,8H2,1-3H3/b6-4-,9-7+. The van der Waals surface area contributed by atoms with Gasteiger partial charge < -0.3 is 5.11 Å². The Balaban J connectivity index is 3.95. The molecule has 0 saturated carbocycles. The predicted octanol–water partition coefficient (Wildman–Crippen LogP) is 3.01. The highest BCUT2D eigenvalue weighted by Gasteiger charge is 2.04. The summed E-state index contributed by atoms with van der Waals surface area (Å²) in [7, 11) is 0. The summed E-state index contributed by atoms with van der Waals surface area (Å²) in [4.78, 5) is 0. The van der Waals surface area contributed by atoms with Crippen molar-refractivity contribution in [3.8, 4) is 0 Å². The van der Waals surface area contributed by atoms with Crippen LogP contribution in [0.1, 0.15) is 33.6 Å². The van der Waals surface area contributed by atoms with Crippen LogP contribution >= 0.6 is 0 Å². The first-order chi connectivity index (χ1) is 6.11. The van der Waals surface area contributed by atoms with Gasteiger partial charge in [-0.05, 0) is 25.8 Å². The lowest BCUT2D eigenvalue weighted by atomic mass is 10.1. The van der Waals surface area contributed by atoms with E-state index in [-0.39, 0.29) is 0 Å². The molecule has 76 valence electrons. The Morgan fingerprint density at radius 1 is 1.54 bits per heavy atom. The molecule has 0 saturated heterocycles. The van der Waals surface area contributed by atoms with Gasteiger partial charge in [0.1, 0.15) is 6.17 Å². The number of aliphatic hydroxyl groups is 1. The van der Waals surface area contributed by atoms with Crippen molar-refractivity contribution in [1.82, 2.24) is 0 Å². The van der Waals surface area contributed by atoms with Gasteiger partial charge >= 0.3 is 0 Å². The summed E-state index contributed by atoms with van der Waals surface area (Å²) in [5.74, 6) is 0. The molecule has 0 amide bonds. The zero-order valence-corrected chi connectivity index (χ0v) is 8.63. The largest absolute Gasteiger partial charge is 0.389 e. The van der Waals surface area contributed by atoms with Gasteiger partial charge in [0.2, 0.25) is 0 Å². The second kappa shape index (κ2) is 6.84. The van der Waals surface area contributed by atoms with E-state index < -0.39 is 12.3 Å². The molecule has 1 nitrogen and oxygen atoms in total. The van der Waals surface area contributed by atoms with Crippen LogP contribution in [0.3, 0.4) is 0 Å². The van der Waals surface area contributed by atoms with Crippen molar-refractivity contribution in [2.75, 3.05) is 0 Å². The summed E-state index contributed by atoms with van der Waals surface area (Å²) in [5.41, 5.74) is 0.856. The van der Waals surface area contributed by atoms with Gasteiger partial charge in [-0.15, -0.1) is 0 Å². The first kappa shape index (κ1) is 12.4. The van der Waals surface area contributed by atoms with Crippen LogP contribution in [0.5, 0.6) is 0 Å². The fourth-order valence-corrected chi connectivity index (χ4v) is 1.04. The number of aliphatic hydroxyl groups excluding tert-OH is 1. The van der Waals surface area contributed by atoms with Crippen molar-refractivity contribution < 1.29 is 9.50 Å². The Hall–Kier alpha value is -0.630. The van der Waals surface area contributed by atoms with Crippen LogP contribution < -0.4 is 0 Å². The van der Waals surface area contributed by atoms with E-state index in [2.05, 4.69) is 0 Å². The Morgan fingerprint density at radius 3 is 2.62 bits per heavy atom. The Morgan fingerprint density at radius 2 is 2.15 bits per heavy atom. The molecule has 0 aromatic heterocycles. The average molecular weight is 186 g/mol. The highest BCUT2D eigenvalue weighted by Crippen LogP contribution is 2.09. The molecule has 1 N–H and O–H groups in total. The Labute approximate surface area is 80.0 Å². The van der Waals surface area contributed by atoms with Gasteiger partial charge in [-0.1, -0.05) is 25.2 Å². The van der Waals surface area contributed by atoms with Crippen molar-refractivity contribution >= 4 is 0 Å². The zero-order valence-electron chi connectivity index (χ0n) is 8.63. The number of hydrogen-bond acceptors (Lipinski definition) is 1. The molecular formula is C11H19FO. The second-order valence-corrected chi connectivity index (χ2v) is 3.15. The topological polar surface area (TPSA) is 20.2 Å². The fraction of sp³-hybridized carbons (Fsp3) is 0.636. The highest BCUT2D eigenvalue weighted by molar-refractivity contribution is 5.06. The van der Waals surface area contributed by atoms with E-state index in [4.69, 9.17) is 0 Å². The molecule has 2 unspecified atom stereocenters. The van der Waals surface area contributed by atoms with E-state index in [9.17, 15) is 9.50 Å². The van der Waals surface area contributed by atoms with Crippen molar-refractivity contribution in [3.63, 3.8) is 0 Å². The van der Waals surface area contributed by atoms with Crippen LogP contribution in [-0.2, 0) is 0 Å². The Bertz CT molecular complexity index is 185. The molecule has 0 aliphatic heterocycles. The maximum atomic E-state index is 12.9. The molecule has 2 atom stereocenters. The van der Waals surface area contributed by atoms with Crippen molar-refractivity contribution in [2.24, 2.45) is 0 Å². The van der Waals surface area contributed by atoms with Gasteiger partial charge in [0.05, 0.1) is 6.10 Å². The predicted molar refractivity (Wildman–Crippen MR) is 54.4 cm³/mol. The third-order valence-corrected chi connectivity index (χ3v) is 1.98. The van der Waals surface area contributed by atoms with Crippen LogP contribution in [0.4, 0.5) is 4.39 Å². The molecule has 0 heterocycles. The van der Waals surface area contributed by atoms with Gasteiger partial charge in [-0.25, -0.2) is 4.39 Å². The minimum absolute atomic E-state index is 0.354. The first-order valence-corrected chi connectivity index (χ1v) is 4.73. The number of hydrogen-bond donors (Lipinski definition) is 1. The van der Waals surface area contributed by atoms with Gasteiger partial charge in [0.25, 0.3) is 0 Å². The van der Waals surface area contributed by atoms with E-state index in [1.165, 1.54) is 6.08 Å². The molecule has 13 heavy (non-hydrogen) atoms. The lowest BCUT2D eigenvalue weighted by molar-refractivity contribution is 0.206. The van der Waals surface area contributed by atoms with Crippen LogP contribution in [0.15, 0.2) is 23.8 Å². The fourth-order valence-electron chi connectivity index (χ4n) is 1.04. The third-order valence-electron chi connectivity index (χ3n) is 1.98. The van der Waals surface area contributed by atoms with Gasteiger partial charge in [-0.3, -0.25) is 0 Å². The number of alkyl halides is 1. The number of allylic oxidation sites excluding steroid dienone is 3. The molecule has 0 rings (SSSR count). The summed E-state index contributed by atoms with van der Waals surface area (Å²) in [6, 6.07) is 0. The quantitative estimate of drug-likeness (QED) is 0.654. The maximum absolute atomic E-state index is 12.9. The summed E-state index contributed by atoms with van der Waals surface area (Å²) in [6.07, 6.45) is 4.67. The van der Waals surface area contributed by atoms with Gasteiger partial charge in [0.15, 0.2) is 0 Å². The first-order valence-electron chi connectivity index (χ1n) is 4.73. The van der Waals surface area contributed by atoms with Crippen LogP contribution in [0, 0.1) is 0 Å². The zero-order chi connectivity index (χ0) is 10.3. The van der Waals surface area contributed by atoms with Gasteiger partial charge in [0, 0.05) is 6.42 Å². The van der Waals surface area contributed by atoms with Crippen molar-refractivity contribution in [1.29, 1.82) is 0 Å². The van der Waals surface area contributed by atoms with E-state index >= 15 is 0 Å². The van der Waals surface area contributed by atoms with E-state index in [0.29, 0.717) is 12.8 Å². The molecule has 0 aliphatic rings. The maximum Gasteiger partial charge on any atom is 0.122 e. The molecule has 2 heteroatoms. The molecule has 0 aromatic carbocycles. The number of rotatable bonds is 5. The smallest absolute Gasteiger partial charge is 0.122 e. The third kappa shape index (κ3) is 5.58. The summed E-state index contributed by atoms with van der Waals surface area (Å²) in [5, 5.41) is 9.36. The minimum atomic E-state index is -0.927. The van der Waals surface area contributed by atoms with Crippen molar-refractivity contribution in [3.05, 3.63) is 23.8 Å².